The number of hydrogen-bond donors (Lipinski definition) is 1. The average Bonchev–Trinajstić information content (AvgIpc) is 2.40. The number of benzene rings is 1. The zero-order valence-corrected chi connectivity index (χ0v) is 10.1. The first-order valence-electron chi connectivity index (χ1n) is 5.94. The Morgan fingerprint density at radius 3 is 2.56 bits per heavy atom. The summed E-state index contributed by atoms with van der Waals surface area (Å²) in [5.41, 5.74) is 7.37. The van der Waals surface area contributed by atoms with Crippen molar-refractivity contribution in [2.45, 2.75) is 6.42 Å². The Morgan fingerprint density at radius 1 is 1.11 bits per heavy atom. The van der Waals surface area contributed by atoms with Crippen molar-refractivity contribution >= 4 is 11.4 Å². The first kappa shape index (κ1) is 12.5. The van der Waals surface area contributed by atoms with Crippen LogP contribution < -0.4 is 10.6 Å². The summed E-state index contributed by atoms with van der Waals surface area (Å²) >= 11 is 0. The van der Waals surface area contributed by atoms with Gasteiger partial charge in [0, 0.05) is 30.3 Å². The molecule has 2 N–H and O–H groups in total. The van der Waals surface area contributed by atoms with Crippen LogP contribution in [0, 0.1) is 5.82 Å². The van der Waals surface area contributed by atoms with Crippen LogP contribution >= 0.6 is 0 Å². The number of pyridine rings is 1. The van der Waals surface area contributed by atoms with E-state index >= 15 is 0 Å². The van der Waals surface area contributed by atoms with Crippen molar-refractivity contribution < 1.29 is 4.39 Å². The third-order valence-corrected chi connectivity index (χ3v) is 2.68. The highest BCUT2D eigenvalue weighted by Gasteiger charge is 2.09. The minimum Gasteiger partial charge on any atom is -0.341 e. The Kier molecular flexibility index (Phi) is 4.25. The van der Waals surface area contributed by atoms with Gasteiger partial charge in [0.2, 0.25) is 0 Å². The molecule has 0 fully saturated rings. The third kappa shape index (κ3) is 3.05. The molecule has 2 rings (SSSR count). The zero-order chi connectivity index (χ0) is 12.8. The Balaban J connectivity index is 2.31. The maximum atomic E-state index is 13.3. The predicted octanol–water partition coefficient (Wildman–Crippen LogP) is 2.71. The molecule has 0 aliphatic rings. The Bertz CT molecular complexity index is 487. The van der Waals surface area contributed by atoms with E-state index in [0.29, 0.717) is 6.54 Å². The summed E-state index contributed by atoms with van der Waals surface area (Å²) < 4.78 is 13.3. The lowest BCUT2D eigenvalue weighted by Gasteiger charge is -2.24. The van der Waals surface area contributed by atoms with E-state index in [1.165, 1.54) is 12.1 Å². The molecule has 0 radical (unpaired) electrons. The number of rotatable bonds is 5. The minimum absolute atomic E-state index is 0.237. The van der Waals surface area contributed by atoms with Gasteiger partial charge in [0.15, 0.2) is 0 Å². The molecule has 0 saturated carbocycles. The van der Waals surface area contributed by atoms with Crippen LogP contribution in [0.3, 0.4) is 0 Å². The molecule has 3 nitrogen and oxygen atoms in total. The molecular weight excluding hydrogens is 229 g/mol. The maximum Gasteiger partial charge on any atom is 0.125 e. The molecule has 4 heteroatoms. The molecule has 0 atom stereocenters. The molecule has 0 aliphatic carbocycles. The highest BCUT2D eigenvalue weighted by molar-refractivity contribution is 5.62. The van der Waals surface area contributed by atoms with Crippen molar-refractivity contribution in [1.82, 2.24) is 4.98 Å². The highest BCUT2D eigenvalue weighted by atomic mass is 19.1. The van der Waals surface area contributed by atoms with Crippen molar-refractivity contribution in [3.63, 3.8) is 0 Å². The zero-order valence-electron chi connectivity index (χ0n) is 10.1. The normalized spacial score (nSPS) is 10.3. The van der Waals surface area contributed by atoms with E-state index in [4.69, 9.17) is 5.73 Å². The second-order valence-electron chi connectivity index (χ2n) is 3.98. The Morgan fingerprint density at radius 2 is 1.89 bits per heavy atom. The van der Waals surface area contributed by atoms with Crippen LogP contribution in [0.1, 0.15) is 6.42 Å². The molecule has 0 bridgehead atoms. The molecule has 0 unspecified atom stereocenters. The van der Waals surface area contributed by atoms with Gasteiger partial charge in [-0.25, -0.2) is 4.39 Å². The van der Waals surface area contributed by atoms with Crippen LogP contribution in [0.2, 0.25) is 0 Å². The van der Waals surface area contributed by atoms with Gasteiger partial charge in [-0.05, 0) is 43.3 Å². The number of nitrogens with zero attached hydrogens (tertiary/aromatic N) is 2. The van der Waals surface area contributed by atoms with Gasteiger partial charge < -0.3 is 10.6 Å². The first-order valence-corrected chi connectivity index (χ1v) is 5.94. The fourth-order valence-electron chi connectivity index (χ4n) is 1.82. The summed E-state index contributed by atoms with van der Waals surface area (Å²) in [5.74, 6) is -0.237. The maximum absolute atomic E-state index is 13.3. The van der Waals surface area contributed by atoms with E-state index in [0.717, 1.165) is 24.3 Å². The molecule has 2 aromatic rings. The average molecular weight is 245 g/mol. The van der Waals surface area contributed by atoms with Crippen molar-refractivity contribution in [2.75, 3.05) is 18.0 Å². The Labute approximate surface area is 106 Å². The smallest absolute Gasteiger partial charge is 0.125 e. The van der Waals surface area contributed by atoms with E-state index in [9.17, 15) is 4.39 Å². The van der Waals surface area contributed by atoms with Gasteiger partial charge in [-0.1, -0.05) is 6.07 Å². The van der Waals surface area contributed by atoms with Crippen molar-refractivity contribution in [3.05, 3.63) is 54.6 Å². The van der Waals surface area contributed by atoms with Crippen molar-refractivity contribution in [2.24, 2.45) is 5.73 Å². The molecule has 0 spiro atoms. The SMILES string of the molecule is NCCCN(c1ccncc1)c1cccc(F)c1. The summed E-state index contributed by atoms with van der Waals surface area (Å²) in [6, 6.07) is 10.4. The topological polar surface area (TPSA) is 42.1 Å². The third-order valence-electron chi connectivity index (χ3n) is 2.68. The summed E-state index contributed by atoms with van der Waals surface area (Å²) in [6.45, 7) is 1.36. The second kappa shape index (κ2) is 6.12. The van der Waals surface area contributed by atoms with E-state index < -0.39 is 0 Å². The molecular formula is C14H16FN3. The molecule has 0 saturated heterocycles. The predicted molar refractivity (Wildman–Crippen MR) is 71.3 cm³/mol. The van der Waals surface area contributed by atoms with E-state index in [-0.39, 0.29) is 5.82 Å². The summed E-state index contributed by atoms with van der Waals surface area (Å²) in [4.78, 5) is 6.03. The molecule has 1 aromatic carbocycles. The number of hydrogen-bond acceptors (Lipinski definition) is 3. The van der Waals surface area contributed by atoms with Gasteiger partial charge >= 0.3 is 0 Å². The van der Waals surface area contributed by atoms with Crippen LogP contribution in [-0.4, -0.2) is 18.1 Å². The van der Waals surface area contributed by atoms with Crippen molar-refractivity contribution in [1.29, 1.82) is 0 Å². The van der Waals surface area contributed by atoms with Crippen LogP contribution in [0.5, 0.6) is 0 Å². The van der Waals surface area contributed by atoms with Crippen LogP contribution in [0.4, 0.5) is 15.8 Å². The van der Waals surface area contributed by atoms with Crippen LogP contribution in [0.25, 0.3) is 0 Å². The summed E-state index contributed by atoms with van der Waals surface area (Å²) in [5, 5.41) is 0. The molecule has 0 aliphatic heterocycles. The standard InChI is InChI=1S/C14H16FN3/c15-12-3-1-4-14(11-12)18(10-2-7-16)13-5-8-17-9-6-13/h1,3-6,8-9,11H,2,7,10,16H2. The van der Waals surface area contributed by atoms with Crippen molar-refractivity contribution in [3.8, 4) is 0 Å². The molecule has 1 heterocycles. The van der Waals surface area contributed by atoms with E-state index in [2.05, 4.69) is 4.98 Å². The molecule has 1 aromatic heterocycles. The fourth-order valence-corrected chi connectivity index (χ4v) is 1.82. The number of halogens is 1. The molecule has 0 amide bonds. The van der Waals surface area contributed by atoms with Gasteiger partial charge in [-0.15, -0.1) is 0 Å². The number of anilines is 2. The molecule has 18 heavy (non-hydrogen) atoms. The fraction of sp³-hybridized carbons (Fsp3) is 0.214. The Hall–Kier alpha value is -1.94. The summed E-state index contributed by atoms with van der Waals surface area (Å²) in [6.07, 6.45) is 4.30. The largest absolute Gasteiger partial charge is 0.341 e. The van der Waals surface area contributed by atoms with Gasteiger partial charge in [0.1, 0.15) is 5.82 Å². The van der Waals surface area contributed by atoms with E-state index in [1.807, 2.05) is 23.1 Å². The highest BCUT2D eigenvalue weighted by Crippen LogP contribution is 2.25. The summed E-state index contributed by atoms with van der Waals surface area (Å²) in [7, 11) is 0. The lowest BCUT2D eigenvalue weighted by molar-refractivity contribution is 0.627. The molecule has 94 valence electrons. The van der Waals surface area contributed by atoms with Gasteiger partial charge in [0.05, 0.1) is 0 Å². The van der Waals surface area contributed by atoms with Gasteiger partial charge in [0.25, 0.3) is 0 Å². The quantitative estimate of drug-likeness (QED) is 0.880. The van der Waals surface area contributed by atoms with Gasteiger partial charge in [-0.2, -0.15) is 0 Å². The van der Waals surface area contributed by atoms with Gasteiger partial charge in [-0.3, -0.25) is 4.98 Å². The van der Waals surface area contributed by atoms with E-state index in [1.54, 1.807) is 18.5 Å². The lowest BCUT2D eigenvalue weighted by atomic mass is 10.2. The number of aromatic nitrogens is 1. The van der Waals surface area contributed by atoms with Crippen LogP contribution in [0.15, 0.2) is 48.8 Å². The monoisotopic (exact) mass is 245 g/mol. The number of nitrogens with two attached hydrogens (primary N) is 1. The lowest BCUT2D eigenvalue weighted by Crippen LogP contribution is -2.21. The van der Waals surface area contributed by atoms with Crippen LogP contribution in [-0.2, 0) is 0 Å². The first-order chi connectivity index (χ1) is 8.81. The second-order valence-corrected chi connectivity index (χ2v) is 3.98. The minimum atomic E-state index is -0.237.